The molecule has 0 aromatic heterocycles. The number of morpholine rings is 1. The number of carbonyl (C=O) groups excluding carboxylic acids is 1. The van der Waals surface area contributed by atoms with Crippen molar-refractivity contribution in [3.8, 4) is 0 Å². The summed E-state index contributed by atoms with van der Waals surface area (Å²) in [6, 6.07) is 7.27. The van der Waals surface area contributed by atoms with Crippen molar-refractivity contribution < 1.29 is 9.53 Å². The van der Waals surface area contributed by atoms with Gasteiger partial charge in [0.1, 0.15) is 0 Å². The molecule has 0 saturated carbocycles. The topological polar surface area (TPSA) is 67.6 Å². The standard InChI is InChI=1S/C14H21N3O2/c1-10-7-17(8-11(2)19-10)9-14(18)16-13-6-4-3-5-12(13)15/h3-6,10-11H,7-9,15H2,1-2H3,(H,16,18)/t10-,11+. The summed E-state index contributed by atoms with van der Waals surface area (Å²) < 4.78 is 5.64. The Hall–Kier alpha value is -1.59. The first-order chi connectivity index (χ1) is 9.04. The van der Waals surface area contributed by atoms with E-state index in [1.54, 1.807) is 12.1 Å². The number of nitrogens with one attached hydrogen (secondary N) is 1. The lowest BCUT2D eigenvalue weighted by Crippen LogP contribution is -2.48. The molecule has 5 nitrogen and oxygen atoms in total. The first kappa shape index (κ1) is 13.8. The number of carbonyl (C=O) groups is 1. The fraction of sp³-hybridized carbons (Fsp3) is 0.500. The molecule has 19 heavy (non-hydrogen) atoms. The summed E-state index contributed by atoms with van der Waals surface area (Å²) in [6.45, 7) is 5.97. The molecule has 0 aliphatic carbocycles. The maximum Gasteiger partial charge on any atom is 0.238 e. The lowest BCUT2D eigenvalue weighted by Gasteiger charge is -2.34. The number of hydrogen-bond acceptors (Lipinski definition) is 4. The van der Waals surface area contributed by atoms with Crippen LogP contribution in [0, 0.1) is 0 Å². The lowest BCUT2D eigenvalue weighted by molar-refractivity contribution is -0.121. The number of para-hydroxylation sites is 2. The van der Waals surface area contributed by atoms with E-state index in [2.05, 4.69) is 10.2 Å². The average molecular weight is 263 g/mol. The third-order valence-electron chi connectivity index (χ3n) is 3.10. The van der Waals surface area contributed by atoms with Gasteiger partial charge >= 0.3 is 0 Å². The van der Waals surface area contributed by atoms with Crippen LogP contribution in [-0.2, 0) is 9.53 Å². The number of nitrogens with zero attached hydrogens (tertiary/aromatic N) is 1. The number of anilines is 2. The van der Waals surface area contributed by atoms with E-state index in [0.29, 0.717) is 17.9 Å². The Morgan fingerprint density at radius 3 is 2.63 bits per heavy atom. The highest BCUT2D eigenvalue weighted by Crippen LogP contribution is 2.17. The number of ether oxygens (including phenoxy) is 1. The maximum atomic E-state index is 12.0. The van der Waals surface area contributed by atoms with E-state index in [9.17, 15) is 4.79 Å². The van der Waals surface area contributed by atoms with Gasteiger partial charge in [0.25, 0.3) is 0 Å². The van der Waals surface area contributed by atoms with E-state index < -0.39 is 0 Å². The van der Waals surface area contributed by atoms with Crippen LogP contribution in [0.25, 0.3) is 0 Å². The molecule has 1 heterocycles. The van der Waals surface area contributed by atoms with Crippen molar-refractivity contribution in [1.29, 1.82) is 0 Å². The smallest absolute Gasteiger partial charge is 0.238 e. The second-order valence-electron chi connectivity index (χ2n) is 5.09. The van der Waals surface area contributed by atoms with E-state index >= 15 is 0 Å². The van der Waals surface area contributed by atoms with Crippen LogP contribution in [-0.4, -0.2) is 42.6 Å². The van der Waals surface area contributed by atoms with Gasteiger partial charge < -0.3 is 15.8 Å². The molecular weight excluding hydrogens is 242 g/mol. The van der Waals surface area contributed by atoms with Crippen molar-refractivity contribution in [3.63, 3.8) is 0 Å². The molecule has 0 spiro atoms. The van der Waals surface area contributed by atoms with Gasteiger partial charge in [0.15, 0.2) is 0 Å². The summed E-state index contributed by atoms with van der Waals surface area (Å²) in [7, 11) is 0. The highest BCUT2D eigenvalue weighted by atomic mass is 16.5. The second-order valence-corrected chi connectivity index (χ2v) is 5.09. The van der Waals surface area contributed by atoms with Crippen LogP contribution in [0.15, 0.2) is 24.3 Å². The first-order valence-electron chi connectivity index (χ1n) is 6.56. The van der Waals surface area contributed by atoms with E-state index in [4.69, 9.17) is 10.5 Å². The number of benzene rings is 1. The van der Waals surface area contributed by atoms with Gasteiger partial charge in [0.05, 0.1) is 30.1 Å². The normalized spacial score (nSPS) is 24.1. The second kappa shape index (κ2) is 6.04. The number of rotatable bonds is 3. The van der Waals surface area contributed by atoms with Crippen molar-refractivity contribution in [2.75, 3.05) is 30.7 Å². The van der Waals surface area contributed by atoms with Gasteiger partial charge in [-0.1, -0.05) is 12.1 Å². The molecule has 1 aliphatic rings. The van der Waals surface area contributed by atoms with Gasteiger partial charge in [-0.3, -0.25) is 9.69 Å². The molecule has 1 aromatic rings. The van der Waals surface area contributed by atoms with Crippen LogP contribution in [0.2, 0.25) is 0 Å². The molecule has 0 bridgehead atoms. The molecule has 3 N–H and O–H groups in total. The SMILES string of the molecule is C[C@@H]1CN(CC(=O)Nc2ccccc2N)C[C@H](C)O1. The number of nitrogen functional groups attached to an aromatic ring is 1. The molecule has 2 atom stereocenters. The van der Waals surface area contributed by atoms with Gasteiger partial charge in [0, 0.05) is 13.1 Å². The van der Waals surface area contributed by atoms with E-state index in [1.165, 1.54) is 0 Å². The van der Waals surface area contributed by atoms with Crippen LogP contribution in [0.1, 0.15) is 13.8 Å². The predicted octanol–water partition coefficient (Wildman–Crippen LogP) is 1.32. The highest BCUT2D eigenvalue weighted by molar-refractivity contribution is 5.95. The van der Waals surface area contributed by atoms with Gasteiger partial charge in [-0.25, -0.2) is 0 Å². The molecular formula is C14H21N3O2. The third kappa shape index (κ3) is 3.94. The van der Waals surface area contributed by atoms with Gasteiger partial charge in [-0.15, -0.1) is 0 Å². The summed E-state index contributed by atoms with van der Waals surface area (Å²) in [5.41, 5.74) is 7.05. The Balaban J connectivity index is 1.89. The fourth-order valence-corrected chi connectivity index (χ4v) is 2.42. The highest BCUT2D eigenvalue weighted by Gasteiger charge is 2.23. The Morgan fingerprint density at radius 1 is 1.37 bits per heavy atom. The minimum atomic E-state index is -0.0424. The Labute approximate surface area is 113 Å². The van der Waals surface area contributed by atoms with Gasteiger partial charge in [-0.2, -0.15) is 0 Å². The monoisotopic (exact) mass is 263 g/mol. The Bertz CT molecular complexity index is 440. The van der Waals surface area contributed by atoms with Crippen LogP contribution in [0.3, 0.4) is 0 Å². The number of hydrogen-bond donors (Lipinski definition) is 2. The number of amides is 1. The van der Waals surface area contributed by atoms with Crippen molar-refractivity contribution in [2.45, 2.75) is 26.1 Å². The van der Waals surface area contributed by atoms with Crippen LogP contribution in [0.4, 0.5) is 11.4 Å². The third-order valence-corrected chi connectivity index (χ3v) is 3.10. The molecule has 0 radical (unpaired) electrons. The molecule has 1 aliphatic heterocycles. The fourth-order valence-electron chi connectivity index (χ4n) is 2.42. The zero-order valence-electron chi connectivity index (χ0n) is 11.4. The quantitative estimate of drug-likeness (QED) is 0.807. The van der Waals surface area contributed by atoms with Crippen molar-refractivity contribution >= 4 is 17.3 Å². The van der Waals surface area contributed by atoms with E-state index in [0.717, 1.165) is 13.1 Å². The largest absolute Gasteiger partial charge is 0.397 e. The van der Waals surface area contributed by atoms with Gasteiger partial charge in [-0.05, 0) is 26.0 Å². The number of nitrogens with two attached hydrogens (primary N) is 1. The molecule has 1 saturated heterocycles. The Kier molecular flexibility index (Phi) is 4.39. The summed E-state index contributed by atoms with van der Waals surface area (Å²) in [4.78, 5) is 14.1. The van der Waals surface area contributed by atoms with Crippen molar-refractivity contribution in [1.82, 2.24) is 4.90 Å². The summed E-state index contributed by atoms with van der Waals surface area (Å²) in [5, 5.41) is 2.84. The lowest BCUT2D eigenvalue weighted by atomic mass is 10.2. The Morgan fingerprint density at radius 2 is 2.00 bits per heavy atom. The maximum absolute atomic E-state index is 12.0. The molecule has 0 unspecified atom stereocenters. The summed E-state index contributed by atoms with van der Waals surface area (Å²) in [5.74, 6) is -0.0424. The summed E-state index contributed by atoms with van der Waals surface area (Å²) >= 11 is 0. The minimum Gasteiger partial charge on any atom is -0.397 e. The molecule has 1 fully saturated rings. The molecule has 2 rings (SSSR count). The molecule has 5 heteroatoms. The zero-order valence-corrected chi connectivity index (χ0v) is 11.4. The zero-order chi connectivity index (χ0) is 13.8. The average Bonchev–Trinajstić information content (AvgIpc) is 2.30. The first-order valence-corrected chi connectivity index (χ1v) is 6.56. The van der Waals surface area contributed by atoms with Crippen LogP contribution >= 0.6 is 0 Å². The van der Waals surface area contributed by atoms with Crippen molar-refractivity contribution in [2.24, 2.45) is 0 Å². The van der Waals surface area contributed by atoms with Crippen LogP contribution < -0.4 is 11.1 Å². The van der Waals surface area contributed by atoms with Crippen LogP contribution in [0.5, 0.6) is 0 Å². The summed E-state index contributed by atoms with van der Waals surface area (Å²) in [6.07, 6.45) is 0.330. The van der Waals surface area contributed by atoms with E-state index in [1.807, 2.05) is 26.0 Å². The minimum absolute atomic E-state index is 0.0424. The van der Waals surface area contributed by atoms with E-state index in [-0.39, 0.29) is 18.1 Å². The van der Waals surface area contributed by atoms with Gasteiger partial charge in [0.2, 0.25) is 5.91 Å². The molecule has 104 valence electrons. The molecule has 1 aromatic carbocycles. The molecule has 1 amide bonds. The predicted molar refractivity (Wildman–Crippen MR) is 75.9 cm³/mol. The van der Waals surface area contributed by atoms with Crippen molar-refractivity contribution in [3.05, 3.63) is 24.3 Å².